The van der Waals surface area contributed by atoms with Crippen LogP contribution >= 0.6 is 21.2 Å². The van der Waals surface area contributed by atoms with Crippen LogP contribution in [0.4, 0.5) is 10.8 Å². The van der Waals surface area contributed by atoms with E-state index in [4.69, 9.17) is 9.84 Å². The zero-order valence-corrected chi connectivity index (χ0v) is 21.2. The Balaban J connectivity index is 0.00000324. The minimum atomic E-state index is -4.33. The van der Waals surface area contributed by atoms with Crippen LogP contribution in [0.1, 0.15) is 16.1 Å². The molecule has 2 heterocycles. The molecule has 0 saturated carbocycles. The number of benzene rings is 2. The Hall–Kier alpha value is -3.25. The van der Waals surface area contributed by atoms with Crippen LogP contribution in [0.2, 0.25) is 0 Å². The minimum Gasteiger partial charge on any atom is -0.482 e. The van der Waals surface area contributed by atoms with E-state index in [2.05, 4.69) is 15.5 Å². The summed E-state index contributed by atoms with van der Waals surface area (Å²) in [6.07, 6.45) is 0. The number of aryl methyl sites for hydroxylation is 2. The molecule has 3 aromatic rings. The van der Waals surface area contributed by atoms with E-state index in [1.54, 1.807) is 29.4 Å². The zero-order valence-electron chi connectivity index (χ0n) is 18.2. The van der Waals surface area contributed by atoms with Crippen LogP contribution < -0.4 is 20.4 Å². The van der Waals surface area contributed by atoms with Gasteiger partial charge >= 0.3 is 5.97 Å². The second-order valence-corrected chi connectivity index (χ2v) is 9.58. The number of hydrazone groups is 1. The second kappa shape index (κ2) is 9.94. The highest BCUT2D eigenvalue weighted by molar-refractivity contribution is 7.85. The quantitative estimate of drug-likeness (QED) is 0.312. The number of thiazole rings is 1. The lowest BCUT2D eigenvalue weighted by atomic mass is 10.2. The summed E-state index contributed by atoms with van der Waals surface area (Å²) in [7, 11) is -4.33. The van der Waals surface area contributed by atoms with Crippen molar-refractivity contribution in [2.75, 3.05) is 16.8 Å². The average Bonchev–Trinajstić information content (AvgIpc) is 3.36. The average molecular weight is 524 g/mol. The van der Waals surface area contributed by atoms with Crippen molar-refractivity contribution < 1.29 is 27.6 Å². The number of hydrogen-bond donors (Lipinski definition) is 3. The number of nitrogens with one attached hydrogen (secondary N) is 1. The van der Waals surface area contributed by atoms with Crippen molar-refractivity contribution >= 4 is 54.0 Å². The van der Waals surface area contributed by atoms with Crippen LogP contribution in [0.3, 0.4) is 0 Å². The van der Waals surface area contributed by atoms with E-state index < -0.39 is 22.7 Å². The topological polar surface area (TPSA) is 145 Å². The van der Waals surface area contributed by atoms with E-state index in [-0.39, 0.29) is 14.8 Å². The van der Waals surface area contributed by atoms with E-state index in [9.17, 15) is 17.8 Å². The molecule has 1 aromatic heterocycles. The monoisotopic (exact) mass is 523 g/mol. The Labute approximate surface area is 203 Å². The van der Waals surface area contributed by atoms with Gasteiger partial charge < -0.3 is 9.84 Å². The summed E-state index contributed by atoms with van der Waals surface area (Å²) in [6, 6.07) is 12.3. The fourth-order valence-corrected chi connectivity index (χ4v) is 4.25. The lowest BCUT2D eigenvalue weighted by Crippen LogP contribution is -2.44. The van der Waals surface area contributed by atoms with Crippen LogP contribution in [0.5, 0.6) is 5.75 Å². The van der Waals surface area contributed by atoms with Gasteiger partial charge in [0.15, 0.2) is 12.4 Å². The Morgan fingerprint density at radius 2 is 1.88 bits per heavy atom. The van der Waals surface area contributed by atoms with Gasteiger partial charge in [0, 0.05) is 10.4 Å². The van der Waals surface area contributed by atoms with Crippen LogP contribution in [0.25, 0.3) is 0 Å². The van der Waals surface area contributed by atoms with Crippen molar-refractivity contribution in [2.45, 2.75) is 18.7 Å². The highest BCUT2D eigenvalue weighted by Crippen LogP contribution is 2.31. The maximum absolute atomic E-state index is 11.4. The number of carbonyl (C=O) groups is 1. The smallest absolute Gasteiger partial charge is 0.341 e. The van der Waals surface area contributed by atoms with Gasteiger partial charge in [-0.25, -0.2) is 9.78 Å². The minimum absolute atomic E-state index is 0. The first-order valence-electron chi connectivity index (χ1n) is 9.54. The first kappa shape index (κ1) is 25.4. The molecule has 1 atom stereocenters. The molecule has 180 valence electrons. The summed E-state index contributed by atoms with van der Waals surface area (Å²) in [5, 5.41) is 17.1. The fourth-order valence-electron chi connectivity index (χ4n) is 2.91. The summed E-state index contributed by atoms with van der Waals surface area (Å²) in [5.41, 5.74) is 5.16. The summed E-state index contributed by atoms with van der Waals surface area (Å²) < 4.78 is 37.3. The van der Waals surface area contributed by atoms with Gasteiger partial charge in [-0.2, -0.15) is 18.3 Å². The molecule has 1 unspecified atom stereocenters. The zero-order chi connectivity index (χ0) is 23.8. The maximum atomic E-state index is 11.4. The van der Waals surface area contributed by atoms with Gasteiger partial charge in [-0.1, -0.05) is 23.5 Å². The Kier molecular flexibility index (Phi) is 7.41. The third kappa shape index (κ3) is 5.45. The number of rotatable bonds is 7. The van der Waals surface area contributed by atoms with Crippen molar-refractivity contribution in [1.29, 1.82) is 0 Å². The van der Waals surface area contributed by atoms with Gasteiger partial charge in [-0.05, 0) is 50.2 Å². The van der Waals surface area contributed by atoms with Crippen molar-refractivity contribution in [1.82, 2.24) is 10.4 Å². The lowest BCUT2D eigenvalue weighted by Gasteiger charge is -2.25. The molecule has 0 amide bonds. The molecular weight excluding hydrogens is 501 g/mol. The number of aliphatic carboxylic acids is 1. The lowest BCUT2D eigenvalue weighted by molar-refractivity contribution is -0.139. The molecule has 0 aliphatic carbocycles. The molecule has 1 aliphatic rings. The summed E-state index contributed by atoms with van der Waals surface area (Å²) in [5.74, 6) is -0.292. The molecule has 11 nitrogen and oxygen atoms in total. The van der Waals surface area contributed by atoms with E-state index >= 15 is 0 Å². The number of anilines is 2. The number of carboxylic acids is 1. The molecule has 0 fully saturated rings. The SMILES string of the molecule is Cc1nc(N2NC(c3cccc(OCC(=O)O)c3)=NN2c2ccc(S(=O)(=O)O)cc2)sc1C.P. The molecule has 4 rings (SSSR count). The Bertz CT molecular complexity index is 1320. The van der Waals surface area contributed by atoms with Crippen molar-refractivity contribution in [3.05, 3.63) is 64.7 Å². The molecule has 0 spiro atoms. The fraction of sp³-hybridized carbons (Fsp3) is 0.150. The van der Waals surface area contributed by atoms with E-state index in [1.807, 2.05) is 13.8 Å². The van der Waals surface area contributed by atoms with E-state index in [0.717, 1.165) is 10.6 Å². The molecule has 3 N–H and O–H groups in total. The van der Waals surface area contributed by atoms with Crippen molar-refractivity contribution in [3.8, 4) is 5.75 Å². The molecule has 1 aliphatic heterocycles. The van der Waals surface area contributed by atoms with Gasteiger partial charge in [0.05, 0.1) is 16.3 Å². The first-order valence-corrected chi connectivity index (χ1v) is 11.8. The third-order valence-electron chi connectivity index (χ3n) is 4.63. The Morgan fingerprint density at radius 3 is 2.47 bits per heavy atom. The number of ether oxygens (including phenoxy) is 1. The summed E-state index contributed by atoms with van der Waals surface area (Å²) >= 11 is 1.44. The van der Waals surface area contributed by atoms with Crippen LogP contribution in [-0.4, -0.2) is 41.5 Å². The highest BCUT2D eigenvalue weighted by Gasteiger charge is 2.29. The molecule has 34 heavy (non-hydrogen) atoms. The molecule has 0 radical (unpaired) electrons. The van der Waals surface area contributed by atoms with Gasteiger partial charge in [0.25, 0.3) is 10.1 Å². The van der Waals surface area contributed by atoms with Gasteiger partial charge in [0.1, 0.15) is 5.75 Å². The maximum Gasteiger partial charge on any atom is 0.341 e. The number of hydrazine groups is 2. The number of nitrogens with zero attached hydrogens (tertiary/aromatic N) is 4. The van der Waals surface area contributed by atoms with Crippen molar-refractivity contribution in [3.63, 3.8) is 0 Å². The van der Waals surface area contributed by atoms with Gasteiger partial charge in [-0.15, -0.1) is 15.3 Å². The molecule has 0 saturated heterocycles. The Morgan fingerprint density at radius 1 is 1.18 bits per heavy atom. The molecule has 2 aromatic carbocycles. The van der Waals surface area contributed by atoms with Crippen LogP contribution in [0.15, 0.2) is 58.5 Å². The van der Waals surface area contributed by atoms with Crippen LogP contribution in [-0.2, 0) is 14.9 Å². The van der Waals surface area contributed by atoms with E-state index in [0.29, 0.717) is 28.0 Å². The molecule has 0 bridgehead atoms. The van der Waals surface area contributed by atoms with Crippen molar-refractivity contribution in [2.24, 2.45) is 5.10 Å². The van der Waals surface area contributed by atoms with E-state index in [1.165, 1.54) is 40.7 Å². The number of aromatic nitrogens is 1. The third-order valence-corrected chi connectivity index (χ3v) is 6.55. The predicted molar refractivity (Wildman–Crippen MR) is 133 cm³/mol. The standard InChI is InChI=1S/C20H19N5O6S2.H3P/c1-12-13(2)32-20(21-12)25-23-19(14-4-3-5-16(10-14)31-11-18(26)27)22-24(25)15-6-8-17(9-7-15)33(28,29)30;/h3-10H,11H2,1-2H3,(H,22,23)(H,26,27)(H,28,29,30);1H3. The largest absolute Gasteiger partial charge is 0.482 e. The van der Waals surface area contributed by atoms with Gasteiger partial charge in [0.2, 0.25) is 5.13 Å². The number of amidine groups is 1. The normalized spacial score (nSPS) is 13.2. The molecule has 14 heteroatoms. The van der Waals surface area contributed by atoms with Crippen LogP contribution in [0, 0.1) is 13.8 Å². The number of carboxylic acid groups (broad SMARTS) is 1. The van der Waals surface area contributed by atoms with Gasteiger partial charge in [-0.3, -0.25) is 9.98 Å². The summed E-state index contributed by atoms with van der Waals surface area (Å²) in [6.45, 7) is 3.36. The summed E-state index contributed by atoms with van der Waals surface area (Å²) in [4.78, 5) is 16.1. The number of hydrogen-bond acceptors (Lipinski definition) is 10. The molecular formula is C20H22N5O6PS2. The second-order valence-electron chi connectivity index (χ2n) is 6.98. The predicted octanol–water partition coefficient (Wildman–Crippen LogP) is 2.64. The first-order chi connectivity index (χ1) is 15.6. The highest BCUT2D eigenvalue weighted by atomic mass is 32.2.